The van der Waals surface area contributed by atoms with Crippen molar-refractivity contribution in [2.75, 3.05) is 7.11 Å². The molecule has 0 aliphatic heterocycles. The lowest BCUT2D eigenvalue weighted by atomic mass is 10.2. The van der Waals surface area contributed by atoms with Crippen LogP contribution in [-0.4, -0.2) is 30.1 Å². The molecule has 1 aromatic carbocycles. The van der Waals surface area contributed by atoms with Crippen molar-refractivity contribution < 1.29 is 19.4 Å². The molecule has 0 radical (unpaired) electrons. The van der Waals surface area contributed by atoms with Gasteiger partial charge in [-0.3, -0.25) is 9.59 Å². The summed E-state index contributed by atoms with van der Waals surface area (Å²) in [5.41, 5.74) is 0.368. The van der Waals surface area contributed by atoms with E-state index in [0.29, 0.717) is 11.3 Å². The first-order valence-corrected chi connectivity index (χ1v) is 4.72. The van der Waals surface area contributed by atoms with E-state index in [2.05, 4.69) is 5.32 Å². The summed E-state index contributed by atoms with van der Waals surface area (Å²) in [4.78, 5) is 22.1. The third-order valence-electron chi connectivity index (χ3n) is 2.05. The Morgan fingerprint density at radius 2 is 2.12 bits per heavy atom. The molecule has 86 valence electrons. The number of amides is 1. The van der Waals surface area contributed by atoms with E-state index in [0.717, 1.165) is 0 Å². The Morgan fingerprint density at radius 1 is 1.44 bits per heavy atom. The summed E-state index contributed by atoms with van der Waals surface area (Å²) in [7, 11) is 1.50. The molecule has 1 rings (SSSR count). The second-order valence-corrected chi connectivity index (χ2v) is 3.27. The molecule has 0 aromatic heterocycles. The van der Waals surface area contributed by atoms with Crippen LogP contribution in [0.25, 0.3) is 0 Å². The van der Waals surface area contributed by atoms with Crippen LogP contribution in [0, 0.1) is 0 Å². The van der Waals surface area contributed by atoms with Gasteiger partial charge >= 0.3 is 5.97 Å². The highest BCUT2D eigenvalue weighted by molar-refractivity contribution is 5.96. The molecule has 1 atom stereocenters. The number of hydrogen-bond donors (Lipinski definition) is 2. The smallest absolute Gasteiger partial charge is 0.325 e. The minimum absolute atomic E-state index is 0.368. The zero-order chi connectivity index (χ0) is 12.1. The molecule has 0 saturated carbocycles. The fraction of sp³-hybridized carbons (Fsp3) is 0.273. The van der Waals surface area contributed by atoms with Crippen LogP contribution in [0.5, 0.6) is 5.75 Å². The molecule has 0 aliphatic rings. The Hall–Kier alpha value is -2.04. The van der Waals surface area contributed by atoms with E-state index in [-0.39, 0.29) is 0 Å². The number of nitrogens with one attached hydrogen (secondary N) is 1. The number of methoxy groups -OCH3 is 1. The Bertz CT molecular complexity index is 403. The molecule has 5 nitrogen and oxygen atoms in total. The summed E-state index contributed by atoms with van der Waals surface area (Å²) in [6.45, 7) is 1.40. The number of carbonyl (C=O) groups excluding carboxylic acids is 1. The summed E-state index contributed by atoms with van der Waals surface area (Å²) < 4.78 is 4.96. The first-order valence-electron chi connectivity index (χ1n) is 4.72. The Kier molecular flexibility index (Phi) is 3.88. The molecule has 1 aromatic rings. The highest BCUT2D eigenvalue weighted by Gasteiger charge is 2.15. The highest BCUT2D eigenvalue weighted by atomic mass is 16.5. The number of hydrogen-bond acceptors (Lipinski definition) is 3. The third-order valence-corrected chi connectivity index (χ3v) is 2.05. The quantitative estimate of drug-likeness (QED) is 0.795. The summed E-state index contributed by atoms with van der Waals surface area (Å²) in [6, 6.07) is 5.59. The molecule has 0 aliphatic carbocycles. The van der Waals surface area contributed by atoms with E-state index in [4.69, 9.17) is 9.84 Å². The molecule has 0 bridgehead atoms. The van der Waals surface area contributed by atoms with Crippen LogP contribution in [-0.2, 0) is 4.79 Å². The zero-order valence-electron chi connectivity index (χ0n) is 9.06. The van der Waals surface area contributed by atoms with Gasteiger partial charge in [-0.15, -0.1) is 0 Å². The number of benzene rings is 1. The highest BCUT2D eigenvalue weighted by Crippen LogP contribution is 2.12. The fourth-order valence-corrected chi connectivity index (χ4v) is 1.11. The van der Waals surface area contributed by atoms with E-state index < -0.39 is 17.9 Å². The molecule has 2 N–H and O–H groups in total. The number of carbonyl (C=O) groups is 2. The van der Waals surface area contributed by atoms with Crippen molar-refractivity contribution in [1.82, 2.24) is 5.32 Å². The molecule has 0 spiro atoms. The van der Waals surface area contributed by atoms with Gasteiger partial charge in [-0.25, -0.2) is 0 Å². The van der Waals surface area contributed by atoms with Gasteiger partial charge in [0.25, 0.3) is 5.91 Å². The maximum absolute atomic E-state index is 11.6. The second kappa shape index (κ2) is 5.16. The third kappa shape index (κ3) is 2.98. The van der Waals surface area contributed by atoms with Crippen molar-refractivity contribution in [1.29, 1.82) is 0 Å². The number of ether oxygens (including phenoxy) is 1. The second-order valence-electron chi connectivity index (χ2n) is 3.27. The van der Waals surface area contributed by atoms with Crippen molar-refractivity contribution >= 4 is 11.9 Å². The monoisotopic (exact) mass is 223 g/mol. The van der Waals surface area contributed by atoms with E-state index >= 15 is 0 Å². The van der Waals surface area contributed by atoms with Crippen LogP contribution >= 0.6 is 0 Å². The normalized spacial score (nSPS) is 11.6. The largest absolute Gasteiger partial charge is 0.497 e. The van der Waals surface area contributed by atoms with Crippen LogP contribution in [0.3, 0.4) is 0 Å². The van der Waals surface area contributed by atoms with E-state index in [9.17, 15) is 9.59 Å². The van der Waals surface area contributed by atoms with E-state index in [1.165, 1.54) is 14.0 Å². The first-order chi connectivity index (χ1) is 7.54. The summed E-state index contributed by atoms with van der Waals surface area (Å²) in [5.74, 6) is -0.958. The minimum atomic E-state index is -1.07. The van der Waals surface area contributed by atoms with Gasteiger partial charge in [0.15, 0.2) is 0 Å². The number of aliphatic carboxylic acids is 1. The predicted molar refractivity (Wildman–Crippen MR) is 57.6 cm³/mol. The van der Waals surface area contributed by atoms with Gasteiger partial charge in [-0.05, 0) is 25.1 Å². The van der Waals surface area contributed by atoms with Crippen molar-refractivity contribution in [3.8, 4) is 5.75 Å². The molecule has 0 heterocycles. The van der Waals surface area contributed by atoms with Gasteiger partial charge in [0.05, 0.1) is 7.11 Å². The van der Waals surface area contributed by atoms with Gasteiger partial charge in [-0.1, -0.05) is 6.07 Å². The fourth-order valence-electron chi connectivity index (χ4n) is 1.11. The Morgan fingerprint density at radius 3 is 2.69 bits per heavy atom. The first kappa shape index (κ1) is 12.0. The lowest BCUT2D eigenvalue weighted by Gasteiger charge is -2.09. The maximum Gasteiger partial charge on any atom is 0.325 e. The molecule has 16 heavy (non-hydrogen) atoms. The van der Waals surface area contributed by atoms with Crippen molar-refractivity contribution in [3.63, 3.8) is 0 Å². The summed E-state index contributed by atoms with van der Waals surface area (Å²) in [6.07, 6.45) is 0. The molecular weight excluding hydrogens is 210 g/mol. The van der Waals surface area contributed by atoms with Crippen LogP contribution in [0.4, 0.5) is 0 Å². The van der Waals surface area contributed by atoms with Crippen molar-refractivity contribution in [2.45, 2.75) is 13.0 Å². The molecule has 0 fully saturated rings. The zero-order valence-corrected chi connectivity index (χ0v) is 9.06. The lowest BCUT2D eigenvalue weighted by molar-refractivity contribution is -0.138. The van der Waals surface area contributed by atoms with E-state index in [1.807, 2.05) is 0 Å². The van der Waals surface area contributed by atoms with Gasteiger partial charge in [-0.2, -0.15) is 0 Å². The Balaban J connectivity index is 2.76. The van der Waals surface area contributed by atoms with Gasteiger partial charge in [0, 0.05) is 5.56 Å². The topological polar surface area (TPSA) is 75.6 Å². The lowest BCUT2D eigenvalue weighted by Crippen LogP contribution is -2.38. The minimum Gasteiger partial charge on any atom is -0.497 e. The average molecular weight is 223 g/mol. The van der Waals surface area contributed by atoms with Crippen LogP contribution in [0.2, 0.25) is 0 Å². The average Bonchev–Trinajstić information content (AvgIpc) is 2.28. The number of carboxylic acid groups (broad SMARTS) is 1. The molecule has 1 unspecified atom stereocenters. The summed E-state index contributed by atoms with van der Waals surface area (Å²) >= 11 is 0. The molecular formula is C11H13NO4. The number of carboxylic acids is 1. The molecule has 0 saturated heterocycles. The van der Waals surface area contributed by atoms with Crippen molar-refractivity contribution in [2.24, 2.45) is 0 Å². The predicted octanol–water partition coefficient (Wildman–Crippen LogP) is 0.898. The molecule has 1 amide bonds. The standard InChI is InChI=1S/C11H13NO4/c1-7(11(14)15)12-10(13)8-4-3-5-9(6-8)16-2/h3-7H,1-2H3,(H,12,13)(H,14,15). The summed E-state index contributed by atoms with van der Waals surface area (Å²) in [5, 5.41) is 11.0. The van der Waals surface area contributed by atoms with Crippen LogP contribution < -0.4 is 10.1 Å². The van der Waals surface area contributed by atoms with Gasteiger partial charge in [0.2, 0.25) is 0 Å². The van der Waals surface area contributed by atoms with Crippen LogP contribution in [0.1, 0.15) is 17.3 Å². The van der Waals surface area contributed by atoms with Crippen molar-refractivity contribution in [3.05, 3.63) is 29.8 Å². The SMILES string of the molecule is COc1cccc(C(=O)NC(C)C(=O)O)c1. The Labute approximate surface area is 93.0 Å². The number of rotatable bonds is 4. The van der Waals surface area contributed by atoms with E-state index in [1.54, 1.807) is 24.3 Å². The molecule has 5 heteroatoms. The maximum atomic E-state index is 11.6. The van der Waals surface area contributed by atoms with Crippen LogP contribution in [0.15, 0.2) is 24.3 Å². The van der Waals surface area contributed by atoms with Gasteiger partial charge < -0.3 is 15.2 Å². The van der Waals surface area contributed by atoms with Gasteiger partial charge in [0.1, 0.15) is 11.8 Å².